The zero-order chi connectivity index (χ0) is 16.5. The molecule has 0 radical (unpaired) electrons. The highest BCUT2D eigenvalue weighted by Crippen LogP contribution is 2.37. The van der Waals surface area contributed by atoms with Gasteiger partial charge in [0, 0.05) is 18.0 Å². The van der Waals surface area contributed by atoms with Crippen molar-refractivity contribution in [3.05, 3.63) is 23.8 Å². The Balaban J connectivity index is 1.41. The number of carbonyl (C=O) groups excluding carboxylic acids is 1. The number of rotatable bonds is 3. The zero-order valence-electron chi connectivity index (χ0n) is 13.9. The van der Waals surface area contributed by atoms with Crippen LogP contribution in [0.5, 0.6) is 5.75 Å². The van der Waals surface area contributed by atoms with Crippen molar-refractivity contribution in [3.8, 4) is 5.75 Å². The molecule has 5 heteroatoms. The summed E-state index contributed by atoms with van der Waals surface area (Å²) in [6.07, 6.45) is 6.12. The molecule has 1 saturated carbocycles. The van der Waals surface area contributed by atoms with Gasteiger partial charge in [0.15, 0.2) is 0 Å². The lowest BCUT2D eigenvalue weighted by atomic mass is 9.75. The van der Waals surface area contributed by atoms with E-state index >= 15 is 0 Å². The summed E-state index contributed by atoms with van der Waals surface area (Å²) in [5.41, 5.74) is 2.28. The van der Waals surface area contributed by atoms with Crippen LogP contribution in [0.15, 0.2) is 18.2 Å². The summed E-state index contributed by atoms with van der Waals surface area (Å²) in [6, 6.07) is 6.56. The standard InChI is InChI=1S/C19H25ClN2O2/c20-15-6-7-16-13(10-15)9-14(19(23)22-16)11-21-17-5-1-3-12-4-2-8-24-18(12)17/h1,3,5,13-16,21H,2,4,6-11H2,(H,22,23). The average Bonchev–Trinajstić information content (AvgIpc) is 2.60. The first-order valence-electron chi connectivity index (χ1n) is 9.13. The van der Waals surface area contributed by atoms with E-state index in [1.807, 2.05) is 6.07 Å². The third-order valence-corrected chi connectivity index (χ3v) is 6.07. The molecule has 2 heterocycles. The van der Waals surface area contributed by atoms with E-state index in [1.165, 1.54) is 5.56 Å². The lowest BCUT2D eigenvalue weighted by molar-refractivity contribution is -0.129. The Bertz CT molecular complexity index is 621. The van der Waals surface area contributed by atoms with Crippen molar-refractivity contribution in [3.63, 3.8) is 0 Å². The SMILES string of the molecule is O=C1NC2CCC(Cl)CC2CC1CNc1cccc2c1OCCC2. The number of fused-ring (bicyclic) bond motifs is 2. The number of hydrogen-bond acceptors (Lipinski definition) is 3. The largest absolute Gasteiger partial charge is 0.491 e. The average molecular weight is 349 g/mol. The fraction of sp³-hybridized carbons (Fsp3) is 0.632. The topological polar surface area (TPSA) is 50.4 Å². The Morgan fingerprint density at radius 3 is 3.12 bits per heavy atom. The van der Waals surface area contributed by atoms with Crippen molar-refractivity contribution < 1.29 is 9.53 Å². The molecule has 130 valence electrons. The van der Waals surface area contributed by atoms with Gasteiger partial charge in [0.2, 0.25) is 5.91 Å². The number of alkyl halides is 1. The van der Waals surface area contributed by atoms with Crippen molar-refractivity contribution in [1.29, 1.82) is 0 Å². The van der Waals surface area contributed by atoms with Gasteiger partial charge in [0.05, 0.1) is 18.2 Å². The maximum Gasteiger partial charge on any atom is 0.225 e. The molecule has 2 N–H and O–H groups in total. The van der Waals surface area contributed by atoms with E-state index < -0.39 is 0 Å². The molecule has 1 aliphatic carbocycles. The Kier molecular flexibility index (Phi) is 4.57. The maximum atomic E-state index is 12.4. The zero-order valence-corrected chi connectivity index (χ0v) is 14.6. The molecule has 24 heavy (non-hydrogen) atoms. The molecule has 2 aliphatic heterocycles. The van der Waals surface area contributed by atoms with Crippen LogP contribution in [0.25, 0.3) is 0 Å². The molecular formula is C19H25ClN2O2. The summed E-state index contributed by atoms with van der Waals surface area (Å²) in [6.45, 7) is 1.43. The van der Waals surface area contributed by atoms with Crippen LogP contribution >= 0.6 is 11.6 Å². The molecule has 0 bridgehead atoms. The van der Waals surface area contributed by atoms with Gasteiger partial charge in [-0.3, -0.25) is 4.79 Å². The fourth-order valence-electron chi connectivity index (χ4n) is 4.37. The Morgan fingerprint density at radius 2 is 2.21 bits per heavy atom. The first-order valence-corrected chi connectivity index (χ1v) is 9.57. The second-order valence-electron chi connectivity index (χ2n) is 7.34. The molecule has 4 nitrogen and oxygen atoms in total. The van der Waals surface area contributed by atoms with E-state index in [0.717, 1.165) is 56.6 Å². The van der Waals surface area contributed by atoms with Gasteiger partial charge >= 0.3 is 0 Å². The number of amides is 1. The molecule has 0 aromatic heterocycles. The summed E-state index contributed by atoms with van der Waals surface area (Å²) in [4.78, 5) is 12.4. The summed E-state index contributed by atoms with van der Waals surface area (Å²) < 4.78 is 5.84. The highest BCUT2D eigenvalue weighted by atomic mass is 35.5. The van der Waals surface area contributed by atoms with E-state index in [0.29, 0.717) is 18.5 Å². The van der Waals surface area contributed by atoms with Crippen LogP contribution in [0.3, 0.4) is 0 Å². The third-order valence-electron chi connectivity index (χ3n) is 5.68. The van der Waals surface area contributed by atoms with E-state index in [9.17, 15) is 4.79 Å². The number of benzene rings is 1. The van der Waals surface area contributed by atoms with Crippen molar-refractivity contribution in [2.75, 3.05) is 18.5 Å². The van der Waals surface area contributed by atoms with Gasteiger partial charge < -0.3 is 15.4 Å². The van der Waals surface area contributed by atoms with Gasteiger partial charge in [-0.05, 0) is 56.1 Å². The minimum absolute atomic E-state index is 0.00710. The van der Waals surface area contributed by atoms with E-state index in [2.05, 4.69) is 22.8 Å². The molecular weight excluding hydrogens is 324 g/mol. The van der Waals surface area contributed by atoms with Gasteiger partial charge in [-0.15, -0.1) is 11.6 Å². The van der Waals surface area contributed by atoms with Crippen molar-refractivity contribution in [1.82, 2.24) is 5.32 Å². The second-order valence-corrected chi connectivity index (χ2v) is 7.96. The highest BCUT2D eigenvalue weighted by Gasteiger charge is 2.38. The molecule has 4 unspecified atom stereocenters. The van der Waals surface area contributed by atoms with Crippen molar-refractivity contribution in [2.45, 2.75) is 49.9 Å². The molecule has 1 aromatic rings. The van der Waals surface area contributed by atoms with Gasteiger partial charge in [0.1, 0.15) is 5.75 Å². The van der Waals surface area contributed by atoms with Gasteiger partial charge in [0.25, 0.3) is 0 Å². The van der Waals surface area contributed by atoms with Crippen LogP contribution in [-0.4, -0.2) is 30.5 Å². The lowest BCUT2D eigenvalue weighted by Crippen LogP contribution is -2.53. The first-order chi connectivity index (χ1) is 11.7. The van der Waals surface area contributed by atoms with Crippen LogP contribution in [-0.2, 0) is 11.2 Å². The molecule has 2 fully saturated rings. The maximum absolute atomic E-state index is 12.4. The quantitative estimate of drug-likeness (QED) is 0.824. The fourth-order valence-corrected chi connectivity index (χ4v) is 4.72. The number of halogens is 1. The van der Waals surface area contributed by atoms with Crippen LogP contribution < -0.4 is 15.4 Å². The van der Waals surface area contributed by atoms with E-state index in [1.54, 1.807) is 0 Å². The molecule has 0 spiro atoms. The van der Waals surface area contributed by atoms with E-state index in [-0.39, 0.29) is 17.2 Å². The lowest BCUT2D eigenvalue weighted by Gasteiger charge is -2.41. The predicted octanol–water partition coefficient (Wildman–Crippen LogP) is 3.34. The molecule has 4 atom stereocenters. The number of para-hydroxylation sites is 1. The number of ether oxygens (including phenoxy) is 1. The number of aryl methyl sites for hydroxylation is 1. The molecule has 1 amide bonds. The summed E-state index contributed by atoms with van der Waals surface area (Å²) >= 11 is 6.33. The molecule has 3 aliphatic rings. The Hall–Kier alpha value is -1.42. The monoisotopic (exact) mass is 348 g/mol. The second kappa shape index (κ2) is 6.83. The number of hydrogen-bond donors (Lipinski definition) is 2. The minimum atomic E-state index is 0.00710. The Labute approximate surface area is 148 Å². The van der Waals surface area contributed by atoms with Crippen LogP contribution in [0, 0.1) is 11.8 Å². The number of nitrogens with one attached hydrogen (secondary N) is 2. The molecule has 4 rings (SSSR count). The first kappa shape index (κ1) is 16.1. The van der Waals surface area contributed by atoms with Crippen molar-refractivity contribution in [2.24, 2.45) is 11.8 Å². The van der Waals surface area contributed by atoms with Crippen LogP contribution in [0.1, 0.15) is 37.7 Å². The number of piperidine rings is 1. The summed E-state index contributed by atoms with van der Waals surface area (Å²) in [5.74, 6) is 1.68. The number of carbonyl (C=O) groups is 1. The smallest absolute Gasteiger partial charge is 0.225 e. The summed E-state index contributed by atoms with van der Waals surface area (Å²) in [7, 11) is 0. The van der Waals surface area contributed by atoms with Gasteiger partial charge in [-0.1, -0.05) is 12.1 Å². The van der Waals surface area contributed by atoms with Crippen molar-refractivity contribution >= 4 is 23.2 Å². The Morgan fingerprint density at radius 1 is 1.29 bits per heavy atom. The molecule has 1 aromatic carbocycles. The van der Waals surface area contributed by atoms with Gasteiger partial charge in [-0.2, -0.15) is 0 Å². The van der Waals surface area contributed by atoms with Crippen LogP contribution in [0.4, 0.5) is 5.69 Å². The summed E-state index contributed by atoms with van der Waals surface area (Å²) in [5, 5.41) is 6.95. The predicted molar refractivity (Wildman–Crippen MR) is 95.8 cm³/mol. The highest BCUT2D eigenvalue weighted by molar-refractivity contribution is 6.20. The normalized spacial score (nSPS) is 32.1. The molecule has 1 saturated heterocycles. The minimum Gasteiger partial charge on any atom is -0.491 e. The van der Waals surface area contributed by atoms with Gasteiger partial charge in [-0.25, -0.2) is 0 Å². The van der Waals surface area contributed by atoms with Crippen LogP contribution in [0.2, 0.25) is 0 Å². The van der Waals surface area contributed by atoms with E-state index in [4.69, 9.17) is 16.3 Å². The third kappa shape index (κ3) is 3.21. The number of anilines is 1.